The standard InChI is InChI=1S/C11H21NO6S/c1-11(2,3)17-10(14)12-7-5-6-8(13)9(12)18-19(4,15)16/h8-9,13H,5-7H2,1-4H3. The lowest BCUT2D eigenvalue weighted by atomic mass is 10.1. The summed E-state index contributed by atoms with van der Waals surface area (Å²) in [6.07, 6.45) is -1.15. The molecule has 0 radical (unpaired) electrons. The average molecular weight is 295 g/mol. The Bertz CT molecular complexity index is 427. The van der Waals surface area contributed by atoms with E-state index >= 15 is 0 Å². The summed E-state index contributed by atoms with van der Waals surface area (Å²) < 4.78 is 32.3. The summed E-state index contributed by atoms with van der Waals surface area (Å²) in [4.78, 5) is 13.1. The van der Waals surface area contributed by atoms with Gasteiger partial charge in [0.15, 0.2) is 6.23 Å². The summed E-state index contributed by atoms with van der Waals surface area (Å²) in [5, 5.41) is 9.81. The van der Waals surface area contributed by atoms with Gasteiger partial charge in [-0.1, -0.05) is 0 Å². The van der Waals surface area contributed by atoms with Crippen LogP contribution in [0, 0.1) is 0 Å². The van der Waals surface area contributed by atoms with E-state index < -0.39 is 34.1 Å². The SMILES string of the molecule is CC(C)(C)OC(=O)N1CCCC(O)C1OS(C)(=O)=O. The van der Waals surface area contributed by atoms with Crippen LogP contribution in [0.4, 0.5) is 4.79 Å². The maximum absolute atomic E-state index is 12.0. The van der Waals surface area contributed by atoms with E-state index in [4.69, 9.17) is 8.92 Å². The molecule has 112 valence electrons. The normalized spacial score (nSPS) is 25.2. The summed E-state index contributed by atoms with van der Waals surface area (Å²) in [6.45, 7) is 5.40. The molecule has 1 heterocycles. The average Bonchev–Trinajstić information content (AvgIpc) is 2.16. The molecule has 1 aliphatic rings. The monoisotopic (exact) mass is 295 g/mol. The van der Waals surface area contributed by atoms with Crippen LogP contribution in [0.2, 0.25) is 0 Å². The Labute approximate surface area is 113 Å². The van der Waals surface area contributed by atoms with E-state index in [0.717, 1.165) is 11.2 Å². The van der Waals surface area contributed by atoms with Gasteiger partial charge in [0.2, 0.25) is 0 Å². The maximum atomic E-state index is 12.0. The van der Waals surface area contributed by atoms with Crippen molar-refractivity contribution in [2.45, 2.75) is 51.5 Å². The van der Waals surface area contributed by atoms with E-state index in [-0.39, 0.29) is 6.54 Å². The fourth-order valence-electron chi connectivity index (χ4n) is 1.76. The van der Waals surface area contributed by atoms with Gasteiger partial charge in [0.1, 0.15) is 11.7 Å². The Kier molecular flexibility index (Phi) is 4.81. The molecular weight excluding hydrogens is 274 g/mol. The quantitative estimate of drug-likeness (QED) is 0.753. The van der Waals surface area contributed by atoms with Gasteiger partial charge in [0, 0.05) is 6.54 Å². The summed E-state index contributed by atoms with van der Waals surface area (Å²) in [7, 11) is -3.78. The van der Waals surface area contributed by atoms with Gasteiger partial charge >= 0.3 is 6.09 Å². The molecule has 0 saturated carbocycles. The molecule has 1 saturated heterocycles. The van der Waals surface area contributed by atoms with E-state index in [9.17, 15) is 18.3 Å². The van der Waals surface area contributed by atoms with E-state index in [1.807, 2.05) is 0 Å². The third-order valence-electron chi connectivity index (χ3n) is 2.44. The predicted octanol–water partition coefficient (Wildman–Crippen LogP) is 0.681. The van der Waals surface area contributed by atoms with Gasteiger partial charge in [-0.2, -0.15) is 8.42 Å². The van der Waals surface area contributed by atoms with Crippen molar-refractivity contribution < 1.29 is 27.2 Å². The zero-order chi connectivity index (χ0) is 14.8. The number of carbonyl (C=O) groups excluding carboxylic acids is 1. The topological polar surface area (TPSA) is 93.1 Å². The molecule has 0 aromatic rings. The van der Waals surface area contributed by atoms with Crippen LogP contribution in [-0.4, -0.2) is 55.3 Å². The summed E-state index contributed by atoms with van der Waals surface area (Å²) in [6, 6.07) is 0. The first-order valence-corrected chi connectivity index (χ1v) is 7.87. The highest BCUT2D eigenvalue weighted by molar-refractivity contribution is 7.86. The van der Waals surface area contributed by atoms with Crippen LogP contribution in [0.3, 0.4) is 0 Å². The molecule has 2 unspecified atom stereocenters. The van der Waals surface area contributed by atoms with Gasteiger partial charge in [-0.15, -0.1) is 0 Å². The number of nitrogens with zero attached hydrogens (tertiary/aromatic N) is 1. The summed E-state index contributed by atoms with van der Waals surface area (Å²) in [5.41, 5.74) is -0.699. The second-order valence-corrected chi connectivity index (χ2v) is 7.17. The summed E-state index contributed by atoms with van der Waals surface area (Å²) in [5.74, 6) is 0. The molecule has 19 heavy (non-hydrogen) atoms. The maximum Gasteiger partial charge on any atom is 0.412 e. The number of carbonyl (C=O) groups is 1. The third-order valence-corrected chi connectivity index (χ3v) is 2.98. The van der Waals surface area contributed by atoms with E-state index in [0.29, 0.717) is 12.8 Å². The van der Waals surface area contributed by atoms with Crippen LogP contribution in [-0.2, 0) is 19.0 Å². The molecule has 0 spiro atoms. The Balaban J connectivity index is 2.85. The van der Waals surface area contributed by atoms with Crippen molar-refractivity contribution in [3.8, 4) is 0 Å². The number of hydrogen-bond donors (Lipinski definition) is 1. The van der Waals surface area contributed by atoms with Crippen molar-refractivity contribution in [2.75, 3.05) is 12.8 Å². The molecule has 2 atom stereocenters. The van der Waals surface area contributed by atoms with Gasteiger partial charge in [-0.05, 0) is 33.6 Å². The van der Waals surface area contributed by atoms with Gasteiger partial charge in [-0.3, -0.25) is 4.90 Å². The molecule has 1 amide bonds. The first-order chi connectivity index (χ1) is 8.49. The number of rotatable bonds is 2. The molecular formula is C11H21NO6S. The number of ether oxygens (including phenoxy) is 1. The Morgan fingerprint density at radius 1 is 1.37 bits per heavy atom. The van der Waals surface area contributed by atoms with Crippen LogP contribution in [0.5, 0.6) is 0 Å². The highest BCUT2D eigenvalue weighted by Gasteiger charge is 2.38. The number of hydrogen-bond acceptors (Lipinski definition) is 6. The minimum Gasteiger partial charge on any atom is -0.444 e. The van der Waals surface area contributed by atoms with Gasteiger partial charge in [-0.25, -0.2) is 8.98 Å². The van der Waals surface area contributed by atoms with Crippen molar-refractivity contribution >= 4 is 16.2 Å². The fraction of sp³-hybridized carbons (Fsp3) is 0.909. The molecule has 0 aromatic heterocycles. The number of aliphatic hydroxyl groups excluding tert-OH is 1. The number of likely N-dealkylation sites (tertiary alicyclic amines) is 1. The fourth-order valence-corrected chi connectivity index (χ4v) is 2.35. The zero-order valence-corrected chi connectivity index (χ0v) is 12.4. The van der Waals surface area contributed by atoms with Crippen LogP contribution >= 0.6 is 0 Å². The molecule has 1 aliphatic heterocycles. The molecule has 1 N–H and O–H groups in total. The van der Waals surface area contributed by atoms with Gasteiger partial charge < -0.3 is 9.84 Å². The second-order valence-electron chi connectivity index (χ2n) is 5.57. The lowest BCUT2D eigenvalue weighted by molar-refractivity contribution is -0.0898. The largest absolute Gasteiger partial charge is 0.444 e. The Hall–Kier alpha value is -0.860. The van der Waals surface area contributed by atoms with Crippen LogP contribution in [0.1, 0.15) is 33.6 Å². The highest BCUT2D eigenvalue weighted by atomic mass is 32.2. The minimum absolute atomic E-state index is 0.284. The van der Waals surface area contributed by atoms with Crippen molar-refractivity contribution in [3.05, 3.63) is 0 Å². The lowest BCUT2D eigenvalue weighted by Gasteiger charge is -2.38. The van der Waals surface area contributed by atoms with E-state index in [1.54, 1.807) is 20.8 Å². The van der Waals surface area contributed by atoms with Gasteiger partial charge in [0.25, 0.3) is 10.1 Å². The first-order valence-electron chi connectivity index (χ1n) is 6.05. The number of piperidine rings is 1. The smallest absolute Gasteiger partial charge is 0.412 e. The predicted molar refractivity (Wildman–Crippen MR) is 67.9 cm³/mol. The first kappa shape index (κ1) is 16.2. The van der Waals surface area contributed by atoms with Gasteiger partial charge in [0.05, 0.1) is 6.26 Å². The molecule has 8 heteroatoms. The number of aliphatic hydroxyl groups is 1. The van der Waals surface area contributed by atoms with Crippen LogP contribution < -0.4 is 0 Å². The van der Waals surface area contributed by atoms with Crippen LogP contribution in [0.15, 0.2) is 0 Å². The molecule has 0 aromatic carbocycles. The third kappa shape index (κ3) is 5.33. The number of amides is 1. The molecule has 1 fully saturated rings. The lowest BCUT2D eigenvalue weighted by Crippen LogP contribution is -2.54. The minimum atomic E-state index is -3.78. The molecule has 0 bridgehead atoms. The second kappa shape index (κ2) is 5.64. The van der Waals surface area contributed by atoms with Crippen molar-refractivity contribution in [2.24, 2.45) is 0 Å². The Morgan fingerprint density at radius 2 is 1.95 bits per heavy atom. The van der Waals surface area contributed by atoms with Crippen molar-refractivity contribution in [1.82, 2.24) is 4.90 Å². The van der Waals surface area contributed by atoms with Crippen molar-refractivity contribution in [3.63, 3.8) is 0 Å². The highest BCUT2D eigenvalue weighted by Crippen LogP contribution is 2.22. The Morgan fingerprint density at radius 3 is 2.42 bits per heavy atom. The molecule has 7 nitrogen and oxygen atoms in total. The van der Waals surface area contributed by atoms with E-state index in [2.05, 4.69) is 0 Å². The summed E-state index contributed by atoms with van der Waals surface area (Å²) >= 11 is 0. The molecule has 1 rings (SSSR count). The molecule has 0 aliphatic carbocycles. The van der Waals surface area contributed by atoms with Crippen molar-refractivity contribution in [1.29, 1.82) is 0 Å². The van der Waals surface area contributed by atoms with Crippen LogP contribution in [0.25, 0.3) is 0 Å². The zero-order valence-electron chi connectivity index (χ0n) is 11.6. The van der Waals surface area contributed by atoms with E-state index in [1.165, 1.54) is 0 Å².